The van der Waals surface area contributed by atoms with Crippen LogP contribution in [0.25, 0.3) is 0 Å². The number of rotatable bonds is 4. The van der Waals surface area contributed by atoms with Gasteiger partial charge in [0.1, 0.15) is 0 Å². The number of hydrogen-bond acceptors (Lipinski definition) is 4. The number of ether oxygens (including phenoxy) is 3. The highest BCUT2D eigenvalue weighted by Crippen LogP contribution is 2.41. The lowest BCUT2D eigenvalue weighted by molar-refractivity contribution is 0.171. The average Bonchev–Trinajstić information content (AvgIpc) is 3.03. The third kappa shape index (κ3) is 2.63. The van der Waals surface area contributed by atoms with E-state index in [1.807, 2.05) is 12.1 Å². The molecule has 0 amide bonds. The molecular formula is C15H21NO3. The molecular weight excluding hydrogens is 242 g/mol. The van der Waals surface area contributed by atoms with Crippen molar-refractivity contribution in [1.82, 2.24) is 5.32 Å². The zero-order chi connectivity index (χ0) is 13.2. The van der Waals surface area contributed by atoms with E-state index in [0.717, 1.165) is 29.7 Å². The van der Waals surface area contributed by atoms with E-state index >= 15 is 0 Å². The van der Waals surface area contributed by atoms with Crippen LogP contribution in [0.1, 0.15) is 31.7 Å². The van der Waals surface area contributed by atoms with Crippen molar-refractivity contribution in [3.63, 3.8) is 0 Å². The Balaban J connectivity index is 1.68. The molecule has 1 aliphatic heterocycles. The Morgan fingerprint density at radius 1 is 1.32 bits per heavy atom. The first kappa shape index (κ1) is 12.6. The highest BCUT2D eigenvalue weighted by molar-refractivity contribution is 5.55. The van der Waals surface area contributed by atoms with Crippen LogP contribution in [-0.4, -0.2) is 19.9 Å². The van der Waals surface area contributed by atoms with Gasteiger partial charge in [-0.25, -0.2) is 0 Å². The highest BCUT2D eigenvalue weighted by atomic mass is 16.7. The Bertz CT molecular complexity index is 461. The Morgan fingerprint density at radius 3 is 2.95 bits per heavy atom. The summed E-state index contributed by atoms with van der Waals surface area (Å²) in [5, 5.41) is 3.62. The van der Waals surface area contributed by atoms with E-state index in [2.05, 4.69) is 12.2 Å². The fourth-order valence-corrected chi connectivity index (χ4v) is 2.94. The van der Waals surface area contributed by atoms with Crippen LogP contribution in [0.15, 0.2) is 12.1 Å². The van der Waals surface area contributed by atoms with E-state index in [1.165, 1.54) is 24.8 Å². The summed E-state index contributed by atoms with van der Waals surface area (Å²) >= 11 is 0. The molecule has 4 heteroatoms. The Morgan fingerprint density at radius 2 is 2.21 bits per heavy atom. The van der Waals surface area contributed by atoms with Crippen LogP contribution in [-0.2, 0) is 6.54 Å². The predicted octanol–water partition coefficient (Wildman–Crippen LogP) is 2.70. The molecule has 0 saturated heterocycles. The maximum absolute atomic E-state index is 5.44. The van der Waals surface area contributed by atoms with E-state index < -0.39 is 0 Å². The molecule has 1 aromatic rings. The minimum absolute atomic E-state index is 0.280. The second-order valence-corrected chi connectivity index (χ2v) is 5.53. The van der Waals surface area contributed by atoms with Gasteiger partial charge in [-0.15, -0.1) is 0 Å². The van der Waals surface area contributed by atoms with Crippen LogP contribution in [0, 0.1) is 5.92 Å². The summed E-state index contributed by atoms with van der Waals surface area (Å²) in [5.41, 5.74) is 1.18. The molecule has 1 aliphatic carbocycles. The summed E-state index contributed by atoms with van der Waals surface area (Å²) in [4.78, 5) is 0. The molecule has 1 fully saturated rings. The summed E-state index contributed by atoms with van der Waals surface area (Å²) < 4.78 is 16.2. The fourth-order valence-electron chi connectivity index (χ4n) is 2.94. The average molecular weight is 263 g/mol. The van der Waals surface area contributed by atoms with Crippen molar-refractivity contribution in [3.8, 4) is 17.2 Å². The zero-order valence-electron chi connectivity index (χ0n) is 11.6. The van der Waals surface area contributed by atoms with Crippen molar-refractivity contribution in [2.45, 2.75) is 38.8 Å². The molecule has 2 aliphatic rings. The van der Waals surface area contributed by atoms with Crippen LogP contribution in [0.4, 0.5) is 0 Å². The van der Waals surface area contributed by atoms with Gasteiger partial charge in [0.2, 0.25) is 12.5 Å². The lowest BCUT2D eigenvalue weighted by atomic mass is 10.1. The van der Waals surface area contributed by atoms with Crippen LogP contribution in [0.5, 0.6) is 17.2 Å². The molecule has 4 nitrogen and oxygen atoms in total. The minimum Gasteiger partial charge on any atom is -0.493 e. The van der Waals surface area contributed by atoms with Gasteiger partial charge in [-0.1, -0.05) is 6.92 Å². The second-order valence-electron chi connectivity index (χ2n) is 5.53. The third-order valence-electron chi connectivity index (χ3n) is 4.01. The molecule has 19 heavy (non-hydrogen) atoms. The first-order chi connectivity index (χ1) is 9.26. The molecule has 1 N–H and O–H groups in total. The van der Waals surface area contributed by atoms with Gasteiger partial charge in [0.15, 0.2) is 11.5 Å². The maximum Gasteiger partial charge on any atom is 0.231 e. The SMILES string of the molecule is COc1cc(CNC2CCC(C)C2)cc2c1OCO2. The topological polar surface area (TPSA) is 39.7 Å². The summed E-state index contributed by atoms with van der Waals surface area (Å²) in [7, 11) is 1.66. The van der Waals surface area contributed by atoms with Crippen LogP contribution in [0.2, 0.25) is 0 Å². The molecule has 0 spiro atoms. The van der Waals surface area contributed by atoms with Gasteiger partial charge in [-0.2, -0.15) is 0 Å². The van der Waals surface area contributed by atoms with Gasteiger partial charge in [0.05, 0.1) is 7.11 Å². The molecule has 0 aromatic heterocycles. The highest BCUT2D eigenvalue weighted by Gasteiger charge is 2.22. The summed E-state index contributed by atoms with van der Waals surface area (Å²) in [5.74, 6) is 3.12. The maximum atomic E-state index is 5.44. The molecule has 1 heterocycles. The molecule has 3 rings (SSSR count). The molecule has 0 bridgehead atoms. The van der Waals surface area contributed by atoms with E-state index in [-0.39, 0.29) is 6.79 Å². The number of benzene rings is 1. The largest absolute Gasteiger partial charge is 0.493 e. The lowest BCUT2D eigenvalue weighted by Gasteiger charge is -2.13. The van der Waals surface area contributed by atoms with Gasteiger partial charge in [-0.05, 0) is 42.9 Å². The van der Waals surface area contributed by atoms with Crippen molar-refractivity contribution < 1.29 is 14.2 Å². The van der Waals surface area contributed by atoms with Gasteiger partial charge >= 0.3 is 0 Å². The summed E-state index contributed by atoms with van der Waals surface area (Å²) in [6.45, 7) is 3.46. The van der Waals surface area contributed by atoms with Crippen LogP contribution < -0.4 is 19.5 Å². The quantitative estimate of drug-likeness (QED) is 0.906. The van der Waals surface area contributed by atoms with Crippen molar-refractivity contribution in [2.24, 2.45) is 5.92 Å². The second kappa shape index (κ2) is 5.29. The summed E-state index contributed by atoms with van der Waals surface area (Å²) in [6.07, 6.45) is 3.90. The molecule has 2 unspecified atom stereocenters. The summed E-state index contributed by atoms with van der Waals surface area (Å²) in [6, 6.07) is 4.71. The molecule has 1 aromatic carbocycles. The number of fused-ring (bicyclic) bond motifs is 1. The monoisotopic (exact) mass is 263 g/mol. The van der Waals surface area contributed by atoms with E-state index in [9.17, 15) is 0 Å². The molecule has 104 valence electrons. The van der Waals surface area contributed by atoms with E-state index in [0.29, 0.717) is 6.04 Å². The Kier molecular flexibility index (Phi) is 3.51. The molecule has 0 radical (unpaired) electrons. The van der Waals surface area contributed by atoms with Crippen LogP contribution in [0.3, 0.4) is 0 Å². The normalized spacial score (nSPS) is 24.7. The minimum atomic E-state index is 0.280. The fraction of sp³-hybridized carbons (Fsp3) is 0.600. The van der Waals surface area contributed by atoms with Gasteiger partial charge in [0.25, 0.3) is 0 Å². The number of nitrogens with one attached hydrogen (secondary N) is 1. The van der Waals surface area contributed by atoms with Gasteiger partial charge in [0, 0.05) is 12.6 Å². The van der Waals surface area contributed by atoms with Crippen molar-refractivity contribution in [3.05, 3.63) is 17.7 Å². The molecule has 2 atom stereocenters. The lowest BCUT2D eigenvalue weighted by Crippen LogP contribution is -2.25. The zero-order valence-corrected chi connectivity index (χ0v) is 11.6. The van der Waals surface area contributed by atoms with Crippen LogP contribution >= 0.6 is 0 Å². The van der Waals surface area contributed by atoms with Crippen molar-refractivity contribution >= 4 is 0 Å². The standard InChI is InChI=1S/C15H21NO3/c1-10-3-4-12(5-10)16-8-11-6-13(17-2)15-14(7-11)18-9-19-15/h6-7,10,12,16H,3-5,8-9H2,1-2H3. The van der Waals surface area contributed by atoms with Gasteiger partial charge < -0.3 is 19.5 Å². The van der Waals surface area contributed by atoms with E-state index in [4.69, 9.17) is 14.2 Å². The Hall–Kier alpha value is -1.42. The predicted molar refractivity (Wildman–Crippen MR) is 72.8 cm³/mol. The molecule has 1 saturated carbocycles. The van der Waals surface area contributed by atoms with Crippen molar-refractivity contribution in [1.29, 1.82) is 0 Å². The van der Waals surface area contributed by atoms with Crippen molar-refractivity contribution in [2.75, 3.05) is 13.9 Å². The smallest absolute Gasteiger partial charge is 0.231 e. The third-order valence-corrected chi connectivity index (χ3v) is 4.01. The Labute approximate surface area is 114 Å². The first-order valence-corrected chi connectivity index (χ1v) is 6.96. The first-order valence-electron chi connectivity index (χ1n) is 6.96. The van der Waals surface area contributed by atoms with E-state index in [1.54, 1.807) is 7.11 Å². The number of methoxy groups -OCH3 is 1. The number of hydrogen-bond donors (Lipinski definition) is 1. The van der Waals surface area contributed by atoms with Gasteiger partial charge in [-0.3, -0.25) is 0 Å².